The smallest absolute Gasteiger partial charge is 0.545 e. The molecule has 0 aromatic heterocycles. The van der Waals surface area contributed by atoms with Gasteiger partial charge in [0.15, 0.2) is 0 Å². The van der Waals surface area contributed by atoms with Gasteiger partial charge in [-0.05, 0) is 50.0 Å². The van der Waals surface area contributed by atoms with Crippen molar-refractivity contribution in [3.05, 3.63) is 48.6 Å². The van der Waals surface area contributed by atoms with Crippen molar-refractivity contribution in [3.63, 3.8) is 0 Å². The molecule has 0 aliphatic heterocycles. The van der Waals surface area contributed by atoms with E-state index in [-0.39, 0.29) is 61.2 Å². The zero-order chi connectivity index (χ0) is 20.6. The Hall–Kier alpha value is -1.91. The molecule has 0 radical (unpaired) electrons. The standard InChI is InChI=1S/4C4H6O2.2Zn/c4*1-3(2)4(5)6;;/h4*1H2,2H3,(H,5,6);;/q;;;;2*+2/p-4. The molecule has 0 fully saturated rings. The second-order valence-corrected chi connectivity index (χ2v) is 4.27. The fourth-order valence-corrected chi connectivity index (χ4v) is 0. The number of carboxylic acid groups (broad SMARTS) is 4. The number of carboxylic acids is 4. The Balaban J connectivity index is -0.0000000500. The zero-order valence-electron chi connectivity index (χ0n) is 15.5. The molecule has 0 atom stereocenters. The predicted molar refractivity (Wildman–Crippen MR) is 79.3 cm³/mol. The largest absolute Gasteiger partial charge is 2.00 e. The molecule has 0 saturated carbocycles. The maximum absolute atomic E-state index is 9.49. The predicted octanol–water partition coefficient (Wildman–Crippen LogP) is -2.76. The van der Waals surface area contributed by atoms with Gasteiger partial charge in [0.2, 0.25) is 0 Å². The van der Waals surface area contributed by atoms with Crippen molar-refractivity contribution < 1.29 is 78.6 Å². The van der Waals surface area contributed by atoms with Crippen LogP contribution >= 0.6 is 0 Å². The average molecular weight is 471 g/mol. The van der Waals surface area contributed by atoms with Crippen LogP contribution in [-0.4, -0.2) is 23.9 Å². The van der Waals surface area contributed by atoms with Gasteiger partial charge in [-0.3, -0.25) is 0 Å². The fraction of sp³-hybridized carbons (Fsp3) is 0.250. The maximum atomic E-state index is 9.49. The Morgan fingerprint density at radius 3 is 0.500 bits per heavy atom. The Morgan fingerprint density at radius 1 is 0.462 bits per heavy atom. The Bertz CT molecular complexity index is 392. The molecule has 0 spiro atoms. The van der Waals surface area contributed by atoms with E-state index in [9.17, 15) is 39.6 Å². The van der Waals surface area contributed by atoms with Crippen molar-refractivity contribution >= 4 is 23.9 Å². The Kier molecular flexibility index (Phi) is 34.8. The van der Waals surface area contributed by atoms with Crippen LogP contribution in [0.25, 0.3) is 0 Å². The van der Waals surface area contributed by atoms with Gasteiger partial charge in [0.25, 0.3) is 0 Å². The number of aliphatic carboxylic acids is 4. The minimum atomic E-state index is -1.19. The summed E-state index contributed by atoms with van der Waals surface area (Å²) in [5, 5.41) is 38.0. The topological polar surface area (TPSA) is 161 Å². The van der Waals surface area contributed by atoms with Crippen molar-refractivity contribution in [2.75, 3.05) is 0 Å². The fourth-order valence-electron chi connectivity index (χ4n) is 0. The van der Waals surface area contributed by atoms with E-state index >= 15 is 0 Å². The second-order valence-electron chi connectivity index (χ2n) is 4.27. The number of carbonyl (C=O) groups excluding carboxylic acids is 4. The van der Waals surface area contributed by atoms with Gasteiger partial charge in [-0.2, -0.15) is 0 Å². The molecule has 0 saturated heterocycles. The SMILES string of the molecule is C=C(C)C(=O)[O-].C=C(C)C(=O)[O-].C=C(C)C(=O)[O-].C=C(C)C(=O)[O-].[Zn+2].[Zn+2]. The van der Waals surface area contributed by atoms with Crippen LogP contribution in [-0.2, 0) is 58.1 Å². The Labute approximate surface area is 178 Å². The molecular formula is C16H20O8Zn2. The number of hydrogen-bond acceptors (Lipinski definition) is 8. The first-order valence-electron chi connectivity index (χ1n) is 6.05. The van der Waals surface area contributed by atoms with Crippen LogP contribution in [0.4, 0.5) is 0 Å². The summed E-state index contributed by atoms with van der Waals surface area (Å²) in [7, 11) is 0. The van der Waals surface area contributed by atoms with E-state index < -0.39 is 23.9 Å². The molecule has 136 valence electrons. The molecule has 0 aliphatic carbocycles. The molecule has 0 bridgehead atoms. The third kappa shape index (κ3) is 49.5. The first-order chi connectivity index (χ1) is 10.6. The monoisotopic (exact) mass is 468 g/mol. The van der Waals surface area contributed by atoms with Gasteiger partial charge < -0.3 is 39.6 Å². The van der Waals surface area contributed by atoms with Gasteiger partial charge in [0, 0.05) is 0 Å². The molecule has 0 aromatic carbocycles. The van der Waals surface area contributed by atoms with Crippen LogP contribution in [0.3, 0.4) is 0 Å². The summed E-state index contributed by atoms with van der Waals surface area (Å²) in [5.41, 5.74) is 0.259. The molecule has 0 aliphatic rings. The number of rotatable bonds is 4. The van der Waals surface area contributed by atoms with Crippen molar-refractivity contribution in [1.82, 2.24) is 0 Å². The summed E-state index contributed by atoms with van der Waals surface area (Å²) in [6, 6.07) is 0. The molecule has 0 amide bonds. The minimum absolute atomic E-state index is 0. The Morgan fingerprint density at radius 2 is 0.500 bits per heavy atom. The van der Waals surface area contributed by atoms with Crippen LogP contribution in [0.5, 0.6) is 0 Å². The third-order valence-electron chi connectivity index (χ3n) is 1.39. The molecule has 0 rings (SSSR count). The molecule has 8 nitrogen and oxygen atoms in total. The van der Waals surface area contributed by atoms with E-state index in [0.29, 0.717) is 0 Å². The third-order valence-corrected chi connectivity index (χ3v) is 1.39. The summed E-state index contributed by atoms with van der Waals surface area (Å²) in [5.74, 6) is -4.74. The van der Waals surface area contributed by atoms with E-state index in [1.165, 1.54) is 27.7 Å². The van der Waals surface area contributed by atoms with E-state index in [0.717, 1.165) is 0 Å². The van der Waals surface area contributed by atoms with Crippen molar-refractivity contribution in [2.45, 2.75) is 27.7 Å². The van der Waals surface area contributed by atoms with E-state index in [1.54, 1.807) is 0 Å². The molecule has 0 heterocycles. The van der Waals surface area contributed by atoms with Gasteiger partial charge in [-0.1, -0.05) is 26.3 Å². The molecule has 0 aromatic rings. The van der Waals surface area contributed by atoms with Crippen LogP contribution < -0.4 is 20.4 Å². The van der Waals surface area contributed by atoms with Gasteiger partial charge >= 0.3 is 39.0 Å². The first kappa shape index (κ1) is 39.2. The molecule has 10 heteroatoms. The summed E-state index contributed by atoms with van der Waals surface area (Å²) < 4.78 is 0. The molecule has 0 unspecified atom stereocenters. The van der Waals surface area contributed by atoms with E-state index in [4.69, 9.17) is 0 Å². The van der Waals surface area contributed by atoms with E-state index in [1.807, 2.05) is 0 Å². The zero-order valence-corrected chi connectivity index (χ0v) is 21.4. The number of carbonyl (C=O) groups is 4. The molecule has 26 heavy (non-hydrogen) atoms. The van der Waals surface area contributed by atoms with Crippen LogP contribution in [0.1, 0.15) is 27.7 Å². The average Bonchev–Trinajstić information content (AvgIpc) is 2.40. The summed E-state index contributed by atoms with van der Waals surface area (Å²) in [6.07, 6.45) is 0. The number of hydrogen-bond donors (Lipinski definition) is 0. The van der Waals surface area contributed by atoms with Crippen LogP contribution in [0.15, 0.2) is 48.6 Å². The molecular weight excluding hydrogens is 451 g/mol. The van der Waals surface area contributed by atoms with Crippen molar-refractivity contribution in [2.24, 2.45) is 0 Å². The minimum Gasteiger partial charge on any atom is -0.545 e. The normalized spacial score (nSPS) is 6.92. The van der Waals surface area contributed by atoms with Crippen molar-refractivity contribution in [3.8, 4) is 0 Å². The van der Waals surface area contributed by atoms with Gasteiger partial charge in [-0.15, -0.1) is 0 Å². The van der Waals surface area contributed by atoms with Gasteiger partial charge in [0.1, 0.15) is 0 Å². The summed E-state index contributed by atoms with van der Waals surface area (Å²) in [4.78, 5) is 38.0. The summed E-state index contributed by atoms with van der Waals surface area (Å²) in [6.45, 7) is 17.9. The van der Waals surface area contributed by atoms with E-state index in [2.05, 4.69) is 26.3 Å². The van der Waals surface area contributed by atoms with Crippen LogP contribution in [0.2, 0.25) is 0 Å². The maximum Gasteiger partial charge on any atom is 2.00 e. The van der Waals surface area contributed by atoms with Crippen LogP contribution in [0, 0.1) is 0 Å². The second kappa shape index (κ2) is 23.1. The van der Waals surface area contributed by atoms with Gasteiger partial charge in [-0.25, -0.2) is 0 Å². The quantitative estimate of drug-likeness (QED) is 0.315. The van der Waals surface area contributed by atoms with Crippen molar-refractivity contribution in [1.29, 1.82) is 0 Å². The molecule has 0 N–H and O–H groups in total. The van der Waals surface area contributed by atoms with Gasteiger partial charge in [0.05, 0.1) is 23.9 Å². The first-order valence-corrected chi connectivity index (χ1v) is 6.05. The summed E-state index contributed by atoms with van der Waals surface area (Å²) >= 11 is 0.